The van der Waals surface area contributed by atoms with Gasteiger partial charge < -0.3 is 10.1 Å². The molecule has 1 aliphatic heterocycles. The molecule has 0 spiro atoms. The van der Waals surface area contributed by atoms with Crippen LogP contribution in [0, 0.1) is 11.8 Å². The van der Waals surface area contributed by atoms with Crippen molar-refractivity contribution >= 4 is 69.9 Å². The molecule has 0 radical (unpaired) electrons. The van der Waals surface area contributed by atoms with Crippen LogP contribution in [0.3, 0.4) is 0 Å². The summed E-state index contributed by atoms with van der Waals surface area (Å²) >= 11 is 18.2. The molecule has 0 unspecified atom stereocenters. The second-order valence-electron chi connectivity index (χ2n) is 8.60. The fourth-order valence-corrected chi connectivity index (χ4v) is 5.07. The molecule has 0 bridgehead atoms. The van der Waals surface area contributed by atoms with E-state index in [1.165, 1.54) is 24.3 Å². The summed E-state index contributed by atoms with van der Waals surface area (Å²) in [6.45, 7) is -0.824. The summed E-state index contributed by atoms with van der Waals surface area (Å²) in [6, 6.07) is 7.94. The lowest BCUT2D eigenvalue weighted by Gasteiger charge is -2.28. The minimum atomic E-state index is -4.64. The summed E-state index contributed by atoms with van der Waals surface area (Å²) in [4.78, 5) is 51.6. The zero-order valence-corrected chi connectivity index (χ0v) is 21.0. The lowest BCUT2D eigenvalue weighted by molar-refractivity contribution is -0.137. The van der Waals surface area contributed by atoms with Gasteiger partial charge in [0.1, 0.15) is 0 Å². The number of ether oxygens (including phenoxy) is 1. The molecule has 7 nitrogen and oxygen atoms in total. The highest BCUT2D eigenvalue weighted by molar-refractivity contribution is 6.33. The molecular weight excluding hydrogens is 560 g/mol. The third-order valence-electron chi connectivity index (χ3n) is 6.15. The first kappa shape index (κ1) is 27.2. The highest BCUT2D eigenvalue weighted by atomic mass is 35.5. The maximum Gasteiger partial charge on any atom is 0.416 e. The number of benzene rings is 2. The number of halogens is 6. The fourth-order valence-electron chi connectivity index (χ4n) is 4.32. The standard InChI is InChI=1S/C24H18Cl3F3N2O5/c25-16-5-4-12(24(28,29)30)7-19(16)31-20(33)10-37-23(36)11-2-1-3-13(6-11)32-21(34)14-8-17(26)18(27)9-15(14)22(32)35/h1-7,14-15,17-18H,8-10H2,(H,31,33)/t14-,15+,17-,18-/m0/s1. The second-order valence-corrected chi connectivity index (χ2v) is 10.1. The monoisotopic (exact) mass is 576 g/mol. The first-order valence-electron chi connectivity index (χ1n) is 11.0. The van der Waals surface area contributed by atoms with Gasteiger partial charge in [0.2, 0.25) is 11.8 Å². The van der Waals surface area contributed by atoms with Crippen molar-refractivity contribution < 1.29 is 37.1 Å². The largest absolute Gasteiger partial charge is 0.452 e. The third-order valence-corrected chi connectivity index (χ3v) is 7.58. The van der Waals surface area contributed by atoms with E-state index in [9.17, 15) is 32.3 Å². The Morgan fingerprint density at radius 1 is 1.00 bits per heavy atom. The van der Waals surface area contributed by atoms with Crippen molar-refractivity contribution in [3.05, 3.63) is 58.6 Å². The average molecular weight is 578 g/mol. The summed E-state index contributed by atoms with van der Waals surface area (Å²) in [7, 11) is 0. The van der Waals surface area contributed by atoms with Crippen LogP contribution in [0.15, 0.2) is 42.5 Å². The maximum absolute atomic E-state index is 12.9. The molecule has 13 heteroatoms. The molecule has 2 fully saturated rings. The SMILES string of the molecule is O=C(COC(=O)c1cccc(N2C(=O)[C@H]3C[C@H](Cl)[C@@H](Cl)C[C@H]3C2=O)c1)Nc1cc(C(F)(F)F)ccc1Cl. The molecular formula is C24H18Cl3F3N2O5. The van der Waals surface area contributed by atoms with Crippen LogP contribution in [0.25, 0.3) is 0 Å². The Balaban J connectivity index is 1.42. The molecule has 37 heavy (non-hydrogen) atoms. The molecule has 1 saturated heterocycles. The highest BCUT2D eigenvalue weighted by Gasteiger charge is 2.52. The number of carbonyl (C=O) groups excluding carboxylic acids is 4. The summed E-state index contributed by atoms with van der Waals surface area (Å²) in [5.41, 5.74) is -1.22. The van der Waals surface area contributed by atoms with Gasteiger partial charge in [0.25, 0.3) is 5.91 Å². The number of rotatable bonds is 5. The minimum Gasteiger partial charge on any atom is -0.452 e. The second kappa shape index (κ2) is 10.5. The Kier molecular flexibility index (Phi) is 7.73. The molecule has 4 rings (SSSR count). The van der Waals surface area contributed by atoms with Crippen molar-refractivity contribution in [1.29, 1.82) is 0 Å². The van der Waals surface area contributed by atoms with Crippen molar-refractivity contribution in [3.8, 4) is 0 Å². The van der Waals surface area contributed by atoms with E-state index in [-0.39, 0.29) is 34.8 Å². The number of anilines is 2. The molecule has 2 aromatic rings. The summed E-state index contributed by atoms with van der Waals surface area (Å²) in [5.74, 6) is -3.96. The van der Waals surface area contributed by atoms with Gasteiger partial charge in [-0.2, -0.15) is 13.2 Å². The van der Waals surface area contributed by atoms with Crippen molar-refractivity contribution in [2.24, 2.45) is 11.8 Å². The lowest BCUT2D eigenvalue weighted by atomic mass is 9.80. The number of esters is 1. The number of hydrogen-bond acceptors (Lipinski definition) is 5. The van der Waals surface area contributed by atoms with Crippen molar-refractivity contribution in [3.63, 3.8) is 0 Å². The van der Waals surface area contributed by atoms with Gasteiger partial charge >= 0.3 is 12.1 Å². The average Bonchev–Trinajstić information content (AvgIpc) is 3.07. The maximum atomic E-state index is 12.9. The van der Waals surface area contributed by atoms with Crippen molar-refractivity contribution in [1.82, 2.24) is 0 Å². The van der Waals surface area contributed by atoms with E-state index in [1.807, 2.05) is 0 Å². The van der Waals surface area contributed by atoms with Gasteiger partial charge in [0.05, 0.1) is 50.1 Å². The van der Waals surface area contributed by atoms with Crippen molar-refractivity contribution in [2.75, 3.05) is 16.8 Å². The van der Waals surface area contributed by atoms with E-state index in [2.05, 4.69) is 5.32 Å². The molecule has 2 aromatic carbocycles. The quantitative estimate of drug-likeness (QED) is 0.297. The van der Waals surface area contributed by atoms with Crippen LogP contribution < -0.4 is 10.2 Å². The van der Waals surface area contributed by atoms with Crippen molar-refractivity contribution in [2.45, 2.75) is 29.8 Å². The molecule has 4 atom stereocenters. The van der Waals surface area contributed by atoms with Crippen LogP contribution in [-0.4, -0.2) is 41.1 Å². The number of nitrogens with one attached hydrogen (secondary N) is 1. The first-order chi connectivity index (χ1) is 17.4. The molecule has 1 aliphatic carbocycles. The zero-order valence-electron chi connectivity index (χ0n) is 18.7. The molecule has 1 heterocycles. The third kappa shape index (κ3) is 5.71. The smallest absolute Gasteiger partial charge is 0.416 e. The Labute approximate surface area is 223 Å². The van der Waals surface area contributed by atoms with E-state index >= 15 is 0 Å². The molecule has 3 amide bonds. The van der Waals surface area contributed by atoms with Gasteiger partial charge in [-0.25, -0.2) is 4.79 Å². The predicted octanol–water partition coefficient (Wildman–Crippen LogP) is 5.27. The van der Waals surface area contributed by atoms with Gasteiger partial charge in [0, 0.05) is 0 Å². The van der Waals surface area contributed by atoms with Crippen LogP contribution in [0.2, 0.25) is 5.02 Å². The summed E-state index contributed by atoms with van der Waals surface area (Å²) in [6.07, 6.45) is -4.13. The molecule has 1 saturated carbocycles. The Hall–Kier alpha value is -2.82. The van der Waals surface area contributed by atoms with E-state index in [0.717, 1.165) is 17.0 Å². The van der Waals surface area contributed by atoms with E-state index in [1.54, 1.807) is 0 Å². The topological polar surface area (TPSA) is 92.8 Å². The van der Waals surface area contributed by atoms with Crippen LogP contribution >= 0.6 is 34.8 Å². The van der Waals surface area contributed by atoms with E-state index in [4.69, 9.17) is 39.5 Å². The highest BCUT2D eigenvalue weighted by Crippen LogP contribution is 2.43. The Bertz CT molecular complexity index is 1240. The van der Waals surface area contributed by atoms with E-state index in [0.29, 0.717) is 6.07 Å². The number of hydrogen-bond donors (Lipinski definition) is 1. The normalized spacial score (nSPS) is 23.6. The number of alkyl halides is 5. The Morgan fingerprint density at radius 2 is 1.62 bits per heavy atom. The predicted molar refractivity (Wildman–Crippen MR) is 130 cm³/mol. The fraction of sp³-hybridized carbons (Fsp3) is 0.333. The number of fused-ring (bicyclic) bond motifs is 1. The molecule has 196 valence electrons. The minimum absolute atomic E-state index is 0.0525. The molecule has 1 N–H and O–H groups in total. The first-order valence-corrected chi connectivity index (χ1v) is 12.2. The van der Waals surface area contributed by atoms with Gasteiger partial charge in [-0.05, 0) is 49.2 Å². The number of carbonyl (C=O) groups is 4. The number of amides is 3. The van der Waals surface area contributed by atoms with Crippen LogP contribution in [0.4, 0.5) is 24.5 Å². The lowest BCUT2D eigenvalue weighted by Crippen LogP contribution is -2.34. The molecule has 2 aliphatic rings. The van der Waals surface area contributed by atoms with Crippen LogP contribution in [0.1, 0.15) is 28.8 Å². The van der Waals surface area contributed by atoms with Gasteiger partial charge in [-0.1, -0.05) is 17.7 Å². The van der Waals surface area contributed by atoms with Gasteiger partial charge in [-0.3, -0.25) is 19.3 Å². The van der Waals surface area contributed by atoms with Crippen LogP contribution in [-0.2, 0) is 25.3 Å². The van der Waals surface area contributed by atoms with Crippen LogP contribution in [0.5, 0.6) is 0 Å². The van der Waals surface area contributed by atoms with E-state index < -0.39 is 64.6 Å². The summed E-state index contributed by atoms with van der Waals surface area (Å²) < 4.78 is 43.7. The van der Waals surface area contributed by atoms with Gasteiger partial charge in [0.15, 0.2) is 6.61 Å². The number of nitrogens with zero attached hydrogens (tertiary/aromatic N) is 1. The summed E-state index contributed by atoms with van der Waals surface area (Å²) in [5, 5.41) is 1.14. The Morgan fingerprint density at radius 3 is 2.22 bits per heavy atom. The zero-order chi connectivity index (χ0) is 27.1. The molecule has 0 aromatic heterocycles. The number of imide groups is 1. The van der Waals surface area contributed by atoms with Gasteiger partial charge in [-0.15, -0.1) is 23.2 Å².